The number of rotatable bonds is 3. The van der Waals surface area contributed by atoms with E-state index >= 15 is 0 Å². The minimum atomic E-state index is 0.230. The predicted octanol–water partition coefficient (Wildman–Crippen LogP) is 5.83. The van der Waals surface area contributed by atoms with Crippen LogP contribution in [0, 0.1) is 3.57 Å². The van der Waals surface area contributed by atoms with Gasteiger partial charge in [-0.15, -0.1) is 11.3 Å². The quantitative estimate of drug-likeness (QED) is 0.642. The first-order valence-electron chi connectivity index (χ1n) is 5.02. The summed E-state index contributed by atoms with van der Waals surface area (Å²) < 4.78 is 1.93. The van der Waals surface area contributed by atoms with Crippen molar-refractivity contribution in [1.82, 2.24) is 0 Å². The molecule has 2 aromatic rings. The molecule has 0 aliphatic rings. The zero-order valence-electron chi connectivity index (χ0n) is 9.01. The van der Waals surface area contributed by atoms with E-state index in [0.717, 1.165) is 18.6 Å². The van der Waals surface area contributed by atoms with Gasteiger partial charge in [0.05, 0.1) is 4.34 Å². The van der Waals surface area contributed by atoms with Gasteiger partial charge < -0.3 is 5.32 Å². The van der Waals surface area contributed by atoms with Gasteiger partial charge in [0.1, 0.15) is 0 Å². The second kappa shape index (κ2) is 5.78. The van der Waals surface area contributed by atoms with Crippen LogP contribution in [0.5, 0.6) is 0 Å². The molecule has 0 fully saturated rings. The predicted molar refractivity (Wildman–Crippen MR) is 85.5 cm³/mol. The normalized spacial score (nSPS) is 12.5. The number of nitrogens with one attached hydrogen (secondary N) is 1. The van der Waals surface area contributed by atoms with E-state index in [9.17, 15) is 0 Å². The molecule has 5 heteroatoms. The van der Waals surface area contributed by atoms with Crippen LogP contribution in [0.1, 0.15) is 18.5 Å². The Kier molecular flexibility index (Phi) is 4.58. The molecule has 0 bridgehead atoms. The van der Waals surface area contributed by atoms with E-state index < -0.39 is 0 Å². The number of halogens is 3. The summed E-state index contributed by atoms with van der Waals surface area (Å²) in [5.74, 6) is 0. The maximum Gasteiger partial charge on any atom is 0.0931 e. The Balaban J connectivity index is 2.15. The van der Waals surface area contributed by atoms with E-state index in [1.165, 1.54) is 5.56 Å². The van der Waals surface area contributed by atoms with Gasteiger partial charge in [0, 0.05) is 20.3 Å². The average molecular weight is 398 g/mol. The van der Waals surface area contributed by atoms with Gasteiger partial charge >= 0.3 is 0 Å². The van der Waals surface area contributed by atoms with Crippen LogP contribution < -0.4 is 5.32 Å². The van der Waals surface area contributed by atoms with Crippen molar-refractivity contribution in [3.05, 3.63) is 48.1 Å². The Morgan fingerprint density at radius 1 is 1.29 bits per heavy atom. The second-order valence-corrected chi connectivity index (χ2v) is 6.82. The number of benzene rings is 1. The highest BCUT2D eigenvalue weighted by Crippen LogP contribution is 2.29. The molecule has 90 valence electrons. The molecule has 1 atom stereocenters. The zero-order chi connectivity index (χ0) is 12.4. The van der Waals surface area contributed by atoms with Gasteiger partial charge in [-0.25, -0.2) is 0 Å². The standard InChI is InChI=1S/C12H10Cl2INS/c1-7(8-4-12(14)17-6-8)16-11-3-2-9(13)5-10(11)15/h2-7,16H,1H3. The van der Waals surface area contributed by atoms with Gasteiger partial charge in [0.15, 0.2) is 0 Å². The van der Waals surface area contributed by atoms with E-state index in [1.807, 2.05) is 24.3 Å². The lowest BCUT2D eigenvalue weighted by Crippen LogP contribution is -2.06. The molecule has 2 rings (SSSR count). The Morgan fingerprint density at radius 2 is 2.06 bits per heavy atom. The fourth-order valence-corrected chi connectivity index (χ4v) is 3.49. The molecule has 1 unspecified atom stereocenters. The van der Waals surface area contributed by atoms with Crippen LogP contribution in [0.3, 0.4) is 0 Å². The number of hydrogen-bond donors (Lipinski definition) is 1. The maximum absolute atomic E-state index is 5.93. The van der Waals surface area contributed by atoms with Gasteiger partial charge in [-0.3, -0.25) is 0 Å². The third-order valence-electron chi connectivity index (χ3n) is 2.39. The van der Waals surface area contributed by atoms with Crippen LogP contribution in [0.2, 0.25) is 9.36 Å². The molecule has 1 heterocycles. The lowest BCUT2D eigenvalue weighted by atomic mass is 10.1. The second-order valence-electron chi connectivity index (χ2n) is 3.67. The Hall–Kier alpha value is 0.0300. The summed E-state index contributed by atoms with van der Waals surface area (Å²) in [6, 6.07) is 8.05. The molecule has 1 nitrogen and oxygen atoms in total. The molecular formula is C12H10Cl2INS. The third-order valence-corrected chi connectivity index (χ3v) is 4.63. The van der Waals surface area contributed by atoms with Crippen LogP contribution in [0.25, 0.3) is 0 Å². The van der Waals surface area contributed by atoms with E-state index in [-0.39, 0.29) is 6.04 Å². The van der Waals surface area contributed by atoms with Crippen molar-refractivity contribution in [2.75, 3.05) is 5.32 Å². The molecule has 1 aromatic carbocycles. The molecule has 0 aliphatic heterocycles. The van der Waals surface area contributed by atoms with Crippen molar-refractivity contribution in [1.29, 1.82) is 0 Å². The first-order valence-corrected chi connectivity index (χ1v) is 7.73. The van der Waals surface area contributed by atoms with Gasteiger partial charge in [0.2, 0.25) is 0 Å². The first-order chi connectivity index (χ1) is 8.06. The smallest absolute Gasteiger partial charge is 0.0931 e. The molecular weight excluding hydrogens is 388 g/mol. The number of anilines is 1. The van der Waals surface area contributed by atoms with Crippen molar-refractivity contribution in [2.45, 2.75) is 13.0 Å². The lowest BCUT2D eigenvalue weighted by molar-refractivity contribution is 0.889. The summed E-state index contributed by atoms with van der Waals surface area (Å²) in [6.45, 7) is 2.11. The number of thiophene rings is 1. The van der Waals surface area contributed by atoms with E-state index in [2.05, 4.69) is 40.2 Å². The molecule has 1 N–H and O–H groups in total. The maximum atomic E-state index is 5.93. The van der Waals surface area contributed by atoms with Crippen molar-refractivity contribution in [3.8, 4) is 0 Å². The summed E-state index contributed by atoms with van der Waals surface area (Å²) in [7, 11) is 0. The monoisotopic (exact) mass is 397 g/mol. The van der Waals surface area contributed by atoms with Crippen LogP contribution in [-0.2, 0) is 0 Å². The van der Waals surface area contributed by atoms with E-state index in [4.69, 9.17) is 23.2 Å². The topological polar surface area (TPSA) is 12.0 Å². The molecule has 0 saturated heterocycles. The van der Waals surface area contributed by atoms with Gasteiger partial charge in [-0.1, -0.05) is 23.2 Å². The van der Waals surface area contributed by atoms with Crippen LogP contribution in [0.15, 0.2) is 29.6 Å². The van der Waals surface area contributed by atoms with Crippen LogP contribution in [-0.4, -0.2) is 0 Å². The summed E-state index contributed by atoms with van der Waals surface area (Å²) in [4.78, 5) is 0. The van der Waals surface area contributed by atoms with Crippen LogP contribution >= 0.6 is 57.1 Å². The van der Waals surface area contributed by atoms with Crippen molar-refractivity contribution in [3.63, 3.8) is 0 Å². The molecule has 0 amide bonds. The Bertz CT molecular complexity index is 527. The molecule has 0 saturated carbocycles. The van der Waals surface area contributed by atoms with E-state index in [0.29, 0.717) is 0 Å². The molecule has 0 spiro atoms. The Labute approximate surface area is 128 Å². The first kappa shape index (κ1) is 13.5. The van der Waals surface area contributed by atoms with Crippen LogP contribution in [0.4, 0.5) is 5.69 Å². The summed E-state index contributed by atoms with van der Waals surface area (Å²) in [6.07, 6.45) is 0. The minimum absolute atomic E-state index is 0.230. The average Bonchev–Trinajstić information content (AvgIpc) is 2.69. The SMILES string of the molecule is CC(Nc1ccc(Cl)cc1I)c1csc(Cl)c1. The highest BCUT2D eigenvalue weighted by Gasteiger charge is 2.09. The molecule has 17 heavy (non-hydrogen) atoms. The van der Waals surface area contributed by atoms with Gasteiger partial charge in [0.25, 0.3) is 0 Å². The van der Waals surface area contributed by atoms with Crippen molar-refractivity contribution in [2.24, 2.45) is 0 Å². The van der Waals surface area contributed by atoms with Crippen molar-refractivity contribution >= 4 is 62.8 Å². The highest BCUT2D eigenvalue weighted by molar-refractivity contribution is 14.1. The third kappa shape index (κ3) is 3.50. The van der Waals surface area contributed by atoms with Crippen molar-refractivity contribution < 1.29 is 0 Å². The Morgan fingerprint density at radius 3 is 2.65 bits per heavy atom. The molecule has 1 aromatic heterocycles. The highest BCUT2D eigenvalue weighted by atomic mass is 127. The van der Waals surface area contributed by atoms with Gasteiger partial charge in [-0.05, 0) is 64.7 Å². The largest absolute Gasteiger partial charge is 0.378 e. The number of hydrogen-bond acceptors (Lipinski definition) is 2. The zero-order valence-corrected chi connectivity index (χ0v) is 13.5. The van der Waals surface area contributed by atoms with E-state index in [1.54, 1.807) is 11.3 Å². The fraction of sp³-hybridized carbons (Fsp3) is 0.167. The summed E-state index contributed by atoms with van der Waals surface area (Å²) in [5.41, 5.74) is 2.29. The minimum Gasteiger partial charge on any atom is -0.378 e. The lowest BCUT2D eigenvalue weighted by Gasteiger charge is -2.15. The van der Waals surface area contributed by atoms with Gasteiger partial charge in [-0.2, -0.15) is 0 Å². The summed E-state index contributed by atoms with van der Waals surface area (Å²) in [5, 5.41) is 6.28. The molecule has 0 radical (unpaired) electrons. The fourth-order valence-electron chi connectivity index (χ4n) is 1.47. The summed E-state index contributed by atoms with van der Waals surface area (Å²) >= 11 is 15.7. The molecule has 0 aliphatic carbocycles.